The molecule has 4 atom stereocenters. The lowest BCUT2D eigenvalue weighted by atomic mass is 9.98. The van der Waals surface area contributed by atoms with E-state index < -0.39 is 37.3 Å². The number of ether oxygens (including phenoxy) is 3. The first-order valence-corrected chi connectivity index (χ1v) is 15.0. The third-order valence-electron chi connectivity index (χ3n) is 8.07. The van der Waals surface area contributed by atoms with E-state index in [0.717, 1.165) is 10.4 Å². The van der Waals surface area contributed by atoms with Gasteiger partial charge in [-0.25, -0.2) is 0 Å². The predicted molar refractivity (Wildman–Crippen MR) is 149 cm³/mol. The van der Waals surface area contributed by atoms with Crippen LogP contribution in [0.25, 0.3) is 0 Å². The Bertz CT molecular complexity index is 1250. The maximum absolute atomic E-state index is 12.5. The molecule has 8 nitrogen and oxygen atoms in total. The summed E-state index contributed by atoms with van der Waals surface area (Å²) in [6, 6.07) is 20.0. The first-order valence-electron chi connectivity index (χ1n) is 13.1. The summed E-state index contributed by atoms with van der Waals surface area (Å²) < 4.78 is 19.1. The van der Waals surface area contributed by atoms with Crippen molar-refractivity contribution in [1.82, 2.24) is 4.98 Å². The van der Waals surface area contributed by atoms with Crippen LogP contribution >= 0.6 is 0 Å². The quantitative estimate of drug-likeness (QED) is 0.328. The summed E-state index contributed by atoms with van der Waals surface area (Å²) in [5, 5.41) is 1.51. The molecule has 1 unspecified atom stereocenters. The molecule has 0 radical (unpaired) electrons. The Kier molecular flexibility index (Phi) is 6.77. The smallest absolute Gasteiger partial charge is 0.267 e. The number of hydrogen-bond acceptors (Lipinski definition) is 6. The van der Waals surface area contributed by atoms with Crippen molar-refractivity contribution in [3.63, 3.8) is 0 Å². The molecule has 1 aromatic heterocycles. The fourth-order valence-corrected chi connectivity index (χ4v) is 9.80. The van der Waals surface area contributed by atoms with Crippen LogP contribution in [0, 0.1) is 0 Å². The molecule has 0 bridgehead atoms. The van der Waals surface area contributed by atoms with Crippen LogP contribution in [0.2, 0.25) is 5.04 Å². The largest absolute Gasteiger partial charge is 0.424 e. The monoisotopic (exact) mass is 535 g/mol. The molecule has 1 amide bonds. The van der Waals surface area contributed by atoms with Gasteiger partial charge < -0.3 is 35.5 Å². The summed E-state index contributed by atoms with van der Waals surface area (Å²) in [5.74, 6) is -1.41. The number of nitrogens with one attached hydrogen (secondary N) is 1. The molecule has 2 aromatic carbocycles. The number of nitrogens with two attached hydrogens (primary N) is 2. The number of carbonyl (C=O) groups is 1. The van der Waals surface area contributed by atoms with Gasteiger partial charge in [0, 0.05) is 11.8 Å². The second-order valence-electron chi connectivity index (χ2n) is 11.4. The van der Waals surface area contributed by atoms with Crippen LogP contribution in [0.4, 0.5) is 5.69 Å². The average Bonchev–Trinajstić information content (AvgIpc) is 3.53. The van der Waals surface area contributed by atoms with E-state index in [0.29, 0.717) is 18.4 Å². The number of nitrogen functional groups attached to an aromatic ring is 1. The van der Waals surface area contributed by atoms with Gasteiger partial charge in [0.2, 0.25) is 0 Å². The molecular formula is C29H37N3O5Si. The van der Waals surface area contributed by atoms with Gasteiger partial charge in [0.15, 0.2) is 5.79 Å². The van der Waals surface area contributed by atoms with Crippen LogP contribution in [0.3, 0.4) is 0 Å². The minimum Gasteiger partial charge on any atom is -0.424 e. The lowest BCUT2D eigenvalue weighted by molar-refractivity contribution is -0.188. The lowest BCUT2D eigenvalue weighted by Gasteiger charge is -2.42. The molecule has 0 spiro atoms. The van der Waals surface area contributed by atoms with Crippen molar-refractivity contribution >= 4 is 30.3 Å². The normalized spacial score (nSPS) is 24.9. The van der Waals surface area contributed by atoms with Crippen LogP contribution < -0.4 is 21.8 Å². The zero-order chi connectivity index (χ0) is 27.3. The van der Waals surface area contributed by atoms with E-state index >= 15 is 0 Å². The van der Waals surface area contributed by atoms with Gasteiger partial charge in [0.05, 0.1) is 11.8 Å². The van der Waals surface area contributed by atoms with Gasteiger partial charge >= 0.3 is 0 Å². The number of hydrogen-bond donors (Lipinski definition) is 4. The number of primary amides is 1. The molecule has 5 rings (SSSR count). The minimum absolute atomic E-state index is 0.157. The summed E-state index contributed by atoms with van der Waals surface area (Å²) in [5.41, 5.74) is 12.8. The Hall–Kier alpha value is -2.95. The van der Waals surface area contributed by atoms with Crippen LogP contribution in [-0.2, 0) is 14.2 Å². The van der Waals surface area contributed by atoms with Crippen molar-refractivity contribution in [3.05, 3.63) is 78.1 Å². The van der Waals surface area contributed by atoms with E-state index in [1.165, 1.54) is 0 Å². The molecule has 0 saturated carbocycles. The molecule has 202 valence electrons. The van der Waals surface area contributed by atoms with Crippen LogP contribution in [0.1, 0.15) is 62.7 Å². The van der Waals surface area contributed by atoms with Gasteiger partial charge in [-0.1, -0.05) is 74.5 Å². The molecule has 9 heteroatoms. The molecule has 2 fully saturated rings. The number of carbonyl (C=O) groups excluding carboxylic acids is 1. The maximum Gasteiger partial charge on any atom is 0.267 e. The van der Waals surface area contributed by atoms with Gasteiger partial charge in [-0.2, -0.15) is 0 Å². The Morgan fingerprint density at radius 3 is 2.11 bits per heavy atom. The van der Waals surface area contributed by atoms with E-state index in [4.69, 9.17) is 25.7 Å². The number of H-pyrrole nitrogens is 1. The molecule has 38 heavy (non-hydrogen) atoms. The highest BCUT2D eigenvalue weighted by Crippen LogP contribution is 2.49. The first kappa shape index (κ1) is 26.6. The van der Waals surface area contributed by atoms with Gasteiger partial charge in [0.25, 0.3) is 14.2 Å². The molecule has 2 aliphatic heterocycles. The van der Waals surface area contributed by atoms with Crippen molar-refractivity contribution in [2.45, 2.75) is 75.8 Å². The summed E-state index contributed by atoms with van der Waals surface area (Å²) >= 11 is 0. The number of amides is 1. The Morgan fingerprint density at radius 1 is 1.03 bits per heavy atom. The second kappa shape index (κ2) is 9.66. The molecular weight excluding hydrogens is 498 g/mol. The van der Waals surface area contributed by atoms with Crippen LogP contribution in [0.5, 0.6) is 0 Å². The van der Waals surface area contributed by atoms with Gasteiger partial charge in [-0.15, -0.1) is 0 Å². The van der Waals surface area contributed by atoms with E-state index in [-0.39, 0.29) is 23.6 Å². The van der Waals surface area contributed by atoms with E-state index in [1.54, 1.807) is 6.20 Å². The lowest BCUT2D eigenvalue weighted by Crippen LogP contribution is -2.65. The van der Waals surface area contributed by atoms with E-state index in [2.05, 4.69) is 18.8 Å². The first-order chi connectivity index (χ1) is 17.9. The molecule has 2 saturated heterocycles. The van der Waals surface area contributed by atoms with Crippen LogP contribution in [0.15, 0.2) is 66.9 Å². The topological polar surface area (TPSA) is 133 Å². The summed E-state index contributed by atoms with van der Waals surface area (Å²) in [6.07, 6.45) is 1.48. The average molecular weight is 536 g/mol. The minimum atomic E-state index is -3.17. The van der Waals surface area contributed by atoms with Crippen molar-refractivity contribution in [2.75, 3.05) is 5.73 Å². The molecule has 2 aliphatic rings. The van der Waals surface area contributed by atoms with E-state index in [9.17, 15) is 9.59 Å². The number of anilines is 1. The molecule has 6 N–H and O–H groups in total. The Morgan fingerprint density at radius 2 is 1.58 bits per heavy atom. The summed E-state index contributed by atoms with van der Waals surface area (Å²) in [6.45, 7) is 8.05. The molecule has 3 aromatic rings. The van der Waals surface area contributed by atoms with E-state index in [1.807, 2.05) is 74.5 Å². The molecule has 3 heterocycles. The Balaban J connectivity index is 1.43. The fraction of sp³-hybridized carbons (Fsp3) is 0.414. The summed E-state index contributed by atoms with van der Waals surface area (Å²) in [4.78, 5) is 27.2. The number of fused-ring (bicyclic) bond motifs is 1. The zero-order valence-corrected chi connectivity index (χ0v) is 23.3. The second-order valence-corrected chi connectivity index (χ2v) is 15.4. The zero-order valence-electron chi connectivity index (χ0n) is 22.3. The standard InChI is InChI=1S/C29H37N3O5Si/c1-28(2,38(34,18-11-7-5-8-12-18)19-13-9-6-10-14-19)16-15-21-25-26(37-29(3,4)36-25)24(35-21)20-17-32-23(22(20)30)27(31)33/h5-14,17,21,24-26,32,34H,15-16,30H2,1-4H3,(H2,31,33)/t21-,24?,25-,26+/m1/s1. The van der Waals surface area contributed by atoms with Crippen molar-refractivity contribution in [3.8, 4) is 0 Å². The highest BCUT2D eigenvalue weighted by Gasteiger charge is 2.57. The highest BCUT2D eigenvalue weighted by molar-refractivity contribution is 6.98. The number of benzene rings is 2. The third kappa shape index (κ3) is 4.48. The van der Waals surface area contributed by atoms with Crippen molar-refractivity contribution in [2.24, 2.45) is 5.73 Å². The van der Waals surface area contributed by atoms with Gasteiger partial charge in [-0.3, -0.25) is 4.79 Å². The number of aromatic nitrogens is 1. The number of rotatable bonds is 8. The van der Waals surface area contributed by atoms with Crippen LogP contribution in [-0.4, -0.2) is 48.1 Å². The third-order valence-corrected chi connectivity index (χ3v) is 12.6. The highest BCUT2D eigenvalue weighted by atomic mass is 28.4. The Labute approximate surface area is 224 Å². The maximum atomic E-state index is 12.5. The fourth-order valence-electron chi connectivity index (χ4n) is 6.04. The predicted octanol–water partition coefficient (Wildman–Crippen LogP) is 2.97. The van der Waals surface area contributed by atoms with Crippen molar-refractivity contribution in [1.29, 1.82) is 0 Å². The SMILES string of the molecule is CC1(C)O[C@@H]2[C@@H](CCC(C)(C)[Si](O)(c3ccccc3)c3ccccc3)OC(c3c[nH]c(C(N)=O)c3N)[C@@H]2O1. The summed E-state index contributed by atoms with van der Waals surface area (Å²) in [7, 11) is -3.17. The number of aromatic amines is 1. The molecule has 0 aliphatic carbocycles. The van der Waals surface area contributed by atoms with Crippen molar-refractivity contribution < 1.29 is 23.8 Å². The van der Waals surface area contributed by atoms with Gasteiger partial charge in [-0.05, 0) is 42.1 Å². The van der Waals surface area contributed by atoms with Gasteiger partial charge in [0.1, 0.15) is 24.0 Å².